The SMILES string of the molecule is [B]Nc1ccc2nc(C)n(C(c3ccccc3)C3CC3)c(=O)c2c1. The summed E-state index contributed by atoms with van der Waals surface area (Å²) in [6.07, 6.45) is 2.29. The van der Waals surface area contributed by atoms with Gasteiger partial charge in [0, 0.05) is 5.69 Å². The predicted octanol–water partition coefficient (Wildman–Crippen LogP) is 3.20. The predicted molar refractivity (Wildman–Crippen MR) is 97.4 cm³/mol. The molecule has 24 heavy (non-hydrogen) atoms. The van der Waals surface area contributed by atoms with Gasteiger partial charge in [0.15, 0.2) is 0 Å². The average Bonchev–Trinajstić information content (AvgIpc) is 3.44. The molecule has 1 N–H and O–H groups in total. The van der Waals surface area contributed by atoms with E-state index in [9.17, 15) is 4.79 Å². The molecule has 118 valence electrons. The molecule has 2 aromatic carbocycles. The molecule has 0 spiro atoms. The quantitative estimate of drug-likeness (QED) is 0.752. The zero-order chi connectivity index (χ0) is 16.7. The molecule has 0 bridgehead atoms. The number of anilines is 1. The van der Waals surface area contributed by atoms with Crippen LogP contribution in [0.25, 0.3) is 10.9 Å². The number of hydrogen-bond donors (Lipinski definition) is 1. The van der Waals surface area contributed by atoms with Gasteiger partial charge in [-0.2, -0.15) is 0 Å². The van der Waals surface area contributed by atoms with Crippen LogP contribution >= 0.6 is 0 Å². The third-order valence-electron chi connectivity index (χ3n) is 4.73. The van der Waals surface area contributed by atoms with Crippen molar-refractivity contribution < 1.29 is 0 Å². The second-order valence-corrected chi connectivity index (χ2v) is 6.40. The monoisotopic (exact) mass is 315 g/mol. The van der Waals surface area contributed by atoms with Gasteiger partial charge in [-0.05, 0) is 49.4 Å². The Labute approximate surface area is 142 Å². The number of hydrogen-bond acceptors (Lipinski definition) is 3. The number of rotatable bonds is 4. The summed E-state index contributed by atoms with van der Waals surface area (Å²) in [6, 6.07) is 15.7. The van der Waals surface area contributed by atoms with Crippen LogP contribution in [-0.4, -0.2) is 17.5 Å². The molecule has 0 amide bonds. The number of aromatic nitrogens is 2. The van der Waals surface area contributed by atoms with Crippen molar-refractivity contribution in [2.75, 3.05) is 5.23 Å². The van der Waals surface area contributed by atoms with Gasteiger partial charge in [-0.15, -0.1) is 0 Å². The van der Waals surface area contributed by atoms with Gasteiger partial charge < -0.3 is 5.23 Å². The summed E-state index contributed by atoms with van der Waals surface area (Å²) in [5, 5.41) is 3.20. The highest BCUT2D eigenvalue weighted by Crippen LogP contribution is 2.43. The van der Waals surface area contributed by atoms with E-state index in [0.717, 1.165) is 18.7 Å². The van der Waals surface area contributed by atoms with E-state index in [0.29, 0.717) is 22.5 Å². The largest absolute Gasteiger partial charge is 0.437 e. The van der Waals surface area contributed by atoms with E-state index in [1.54, 1.807) is 6.07 Å². The molecule has 1 unspecified atom stereocenters. The second-order valence-electron chi connectivity index (χ2n) is 6.40. The highest BCUT2D eigenvalue weighted by Gasteiger charge is 2.35. The van der Waals surface area contributed by atoms with Gasteiger partial charge in [-0.3, -0.25) is 9.36 Å². The van der Waals surface area contributed by atoms with Crippen LogP contribution in [0, 0.1) is 12.8 Å². The van der Waals surface area contributed by atoms with Crippen LogP contribution < -0.4 is 10.8 Å². The Kier molecular flexibility index (Phi) is 3.64. The molecular weight excluding hydrogens is 297 g/mol. The van der Waals surface area contributed by atoms with E-state index >= 15 is 0 Å². The lowest BCUT2D eigenvalue weighted by molar-refractivity contribution is 0.489. The Morgan fingerprint density at radius 1 is 1.21 bits per heavy atom. The summed E-state index contributed by atoms with van der Waals surface area (Å²) in [4.78, 5) is 17.9. The van der Waals surface area contributed by atoms with E-state index in [1.165, 1.54) is 5.56 Å². The minimum Gasteiger partial charge on any atom is -0.437 e. The molecular formula is C19H18BN3O. The van der Waals surface area contributed by atoms with Crippen molar-refractivity contribution in [3.8, 4) is 0 Å². The third kappa shape index (κ3) is 2.50. The van der Waals surface area contributed by atoms with Crippen LogP contribution in [-0.2, 0) is 0 Å². The van der Waals surface area contributed by atoms with Crippen molar-refractivity contribution >= 4 is 24.6 Å². The Hall–Kier alpha value is -2.56. The van der Waals surface area contributed by atoms with Gasteiger partial charge in [0.1, 0.15) is 5.82 Å². The number of fused-ring (bicyclic) bond motifs is 1. The van der Waals surface area contributed by atoms with Crippen LogP contribution in [0.5, 0.6) is 0 Å². The molecule has 1 saturated carbocycles. The summed E-state index contributed by atoms with van der Waals surface area (Å²) >= 11 is 0. The maximum Gasteiger partial charge on any atom is 0.262 e. The highest BCUT2D eigenvalue weighted by molar-refractivity contribution is 6.16. The highest BCUT2D eigenvalue weighted by atomic mass is 16.1. The van der Waals surface area contributed by atoms with Crippen molar-refractivity contribution in [1.82, 2.24) is 9.55 Å². The number of nitrogens with zero attached hydrogens (tertiary/aromatic N) is 2. The summed E-state index contributed by atoms with van der Waals surface area (Å²) in [6.45, 7) is 1.91. The standard InChI is InChI=1S/C19H18BN3O/c1-12-21-17-10-9-15(22-20)11-16(17)19(24)23(12)18(14-7-8-14)13-5-3-2-4-6-13/h2-6,9-11,14,18,22H,7-8H2,1H3. The van der Waals surface area contributed by atoms with Gasteiger partial charge in [0.05, 0.1) is 16.9 Å². The Bertz CT molecular complexity index is 948. The molecule has 1 heterocycles. The smallest absolute Gasteiger partial charge is 0.262 e. The number of benzene rings is 2. The van der Waals surface area contributed by atoms with Crippen LogP contribution in [0.2, 0.25) is 0 Å². The molecule has 1 fully saturated rings. The Morgan fingerprint density at radius 2 is 1.96 bits per heavy atom. The van der Waals surface area contributed by atoms with Crippen molar-refractivity contribution in [3.05, 3.63) is 70.3 Å². The average molecular weight is 315 g/mol. The maximum absolute atomic E-state index is 13.2. The summed E-state index contributed by atoms with van der Waals surface area (Å²) in [7, 11) is 5.49. The fourth-order valence-electron chi connectivity index (χ4n) is 3.42. The van der Waals surface area contributed by atoms with Crippen LogP contribution in [0.3, 0.4) is 0 Å². The van der Waals surface area contributed by atoms with Crippen LogP contribution in [0.4, 0.5) is 5.69 Å². The second kappa shape index (κ2) is 5.82. The van der Waals surface area contributed by atoms with E-state index in [2.05, 4.69) is 22.3 Å². The molecule has 0 saturated heterocycles. The lowest BCUT2D eigenvalue weighted by Crippen LogP contribution is -2.30. The summed E-state index contributed by atoms with van der Waals surface area (Å²) in [5.41, 5.74) is 2.57. The van der Waals surface area contributed by atoms with Gasteiger partial charge in [-0.25, -0.2) is 4.98 Å². The molecule has 0 aliphatic heterocycles. The first-order chi connectivity index (χ1) is 11.7. The van der Waals surface area contributed by atoms with Crippen LogP contribution in [0.1, 0.15) is 30.3 Å². The minimum atomic E-state index is -0.00430. The molecule has 4 rings (SSSR count). The van der Waals surface area contributed by atoms with Crippen molar-refractivity contribution in [2.45, 2.75) is 25.8 Å². The molecule has 5 heteroatoms. The van der Waals surface area contributed by atoms with Crippen molar-refractivity contribution in [3.63, 3.8) is 0 Å². The normalized spacial score (nSPS) is 15.4. The van der Waals surface area contributed by atoms with Gasteiger partial charge in [0.2, 0.25) is 7.98 Å². The van der Waals surface area contributed by atoms with Crippen molar-refractivity contribution in [2.24, 2.45) is 5.92 Å². The first kappa shape index (κ1) is 15.0. The van der Waals surface area contributed by atoms with Gasteiger partial charge in [-0.1, -0.05) is 30.3 Å². The maximum atomic E-state index is 13.2. The van der Waals surface area contributed by atoms with Gasteiger partial charge >= 0.3 is 0 Å². The first-order valence-corrected chi connectivity index (χ1v) is 8.23. The zero-order valence-corrected chi connectivity index (χ0v) is 13.6. The summed E-state index contributed by atoms with van der Waals surface area (Å²) < 4.78 is 1.86. The molecule has 2 radical (unpaired) electrons. The zero-order valence-electron chi connectivity index (χ0n) is 13.6. The topological polar surface area (TPSA) is 46.9 Å². The fourth-order valence-corrected chi connectivity index (χ4v) is 3.42. The fraction of sp³-hybridized carbons (Fsp3) is 0.263. The van der Waals surface area contributed by atoms with E-state index in [1.807, 2.05) is 41.8 Å². The Morgan fingerprint density at radius 3 is 2.62 bits per heavy atom. The minimum absolute atomic E-state index is 0.00430. The first-order valence-electron chi connectivity index (χ1n) is 8.23. The third-order valence-corrected chi connectivity index (χ3v) is 4.73. The molecule has 1 aromatic heterocycles. The molecule has 1 aliphatic rings. The lowest BCUT2D eigenvalue weighted by Gasteiger charge is -2.22. The summed E-state index contributed by atoms with van der Waals surface area (Å²) in [5.74, 6) is 1.25. The number of aryl methyl sites for hydroxylation is 1. The van der Waals surface area contributed by atoms with E-state index < -0.39 is 0 Å². The lowest BCUT2D eigenvalue weighted by atomic mass is 10.0. The van der Waals surface area contributed by atoms with E-state index in [4.69, 9.17) is 7.98 Å². The molecule has 3 aromatic rings. The molecule has 1 atom stereocenters. The van der Waals surface area contributed by atoms with Crippen molar-refractivity contribution in [1.29, 1.82) is 0 Å². The Balaban J connectivity index is 1.96. The molecule has 1 aliphatic carbocycles. The van der Waals surface area contributed by atoms with E-state index in [-0.39, 0.29) is 11.6 Å². The van der Waals surface area contributed by atoms with Gasteiger partial charge in [0.25, 0.3) is 5.56 Å². The number of nitrogens with one attached hydrogen (secondary N) is 1. The van der Waals surface area contributed by atoms with Crippen LogP contribution in [0.15, 0.2) is 53.3 Å². The molecule has 4 nitrogen and oxygen atoms in total.